The number of nitrogens with zero attached hydrogens (tertiary/aromatic N) is 2. The van der Waals surface area contributed by atoms with E-state index in [9.17, 15) is 18.0 Å². The molecule has 1 aromatic carbocycles. The number of alkyl halides is 3. The fourth-order valence-electron chi connectivity index (χ4n) is 2.75. The average molecular weight is 350 g/mol. The minimum Gasteiger partial charge on any atom is -0.474 e. The number of aromatic nitrogens is 1. The molecule has 0 atom stereocenters. The Kier molecular flexibility index (Phi) is 4.92. The van der Waals surface area contributed by atoms with Crippen LogP contribution in [0.4, 0.5) is 13.2 Å². The standard InChI is InChI=1S/C18H17F3N2O2/c19-18(20,21)14-6-4-13(5-7-14)17(24)23-11-8-15(9-12-23)25-16-3-1-2-10-22-16/h1-7,10,15H,8-9,11-12H2. The van der Waals surface area contributed by atoms with Gasteiger partial charge in [0.15, 0.2) is 0 Å². The number of rotatable bonds is 3. The minimum absolute atomic E-state index is 0.0217. The molecule has 25 heavy (non-hydrogen) atoms. The van der Waals surface area contributed by atoms with Gasteiger partial charge >= 0.3 is 6.18 Å². The molecule has 0 saturated carbocycles. The summed E-state index contributed by atoms with van der Waals surface area (Å²) in [5.41, 5.74) is -0.497. The van der Waals surface area contributed by atoms with Gasteiger partial charge in [-0.15, -0.1) is 0 Å². The quantitative estimate of drug-likeness (QED) is 0.846. The molecule has 1 aliphatic rings. The number of hydrogen-bond acceptors (Lipinski definition) is 3. The van der Waals surface area contributed by atoms with Crippen molar-refractivity contribution in [2.45, 2.75) is 25.1 Å². The number of ether oxygens (including phenoxy) is 1. The molecule has 0 unspecified atom stereocenters. The zero-order valence-electron chi connectivity index (χ0n) is 13.4. The first-order valence-corrected chi connectivity index (χ1v) is 7.98. The molecule has 132 valence electrons. The molecule has 1 aromatic heterocycles. The summed E-state index contributed by atoms with van der Waals surface area (Å²) in [5.74, 6) is 0.292. The van der Waals surface area contributed by atoms with E-state index >= 15 is 0 Å². The van der Waals surface area contributed by atoms with E-state index in [-0.39, 0.29) is 17.6 Å². The lowest BCUT2D eigenvalue weighted by atomic mass is 10.1. The van der Waals surface area contributed by atoms with Crippen molar-refractivity contribution >= 4 is 5.91 Å². The number of piperidine rings is 1. The maximum atomic E-state index is 12.6. The molecule has 0 aliphatic carbocycles. The minimum atomic E-state index is -4.40. The third-order valence-electron chi connectivity index (χ3n) is 4.11. The summed E-state index contributed by atoms with van der Waals surface area (Å²) in [5, 5.41) is 0. The van der Waals surface area contributed by atoms with E-state index in [1.807, 2.05) is 6.07 Å². The van der Waals surface area contributed by atoms with Crippen molar-refractivity contribution in [3.05, 3.63) is 59.8 Å². The fourth-order valence-corrected chi connectivity index (χ4v) is 2.75. The van der Waals surface area contributed by atoms with Gasteiger partial charge in [0.1, 0.15) is 6.10 Å². The maximum Gasteiger partial charge on any atom is 0.416 e. The van der Waals surface area contributed by atoms with E-state index in [0.29, 0.717) is 31.8 Å². The summed E-state index contributed by atoms with van der Waals surface area (Å²) in [4.78, 5) is 18.2. The van der Waals surface area contributed by atoms with Crippen LogP contribution in [0.1, 0.15) is 28.8 Å². The van der Waals surface area contributed by atoms with Crippen molar-refractivity contribution in [2.75, 3.05) is 13.1 Å². The monoisotopic (exact) mass is 350 g/mol. The highest BCUT2D eigenvalue weighted by Crippen LogP contribution is 2.29. The maximum absolute atomic E-state index is 12.6. The van der Waals surface area contributed by atoms with Crippen molar-refractivity contribution in [1.29, 1.82) is 0 Å². The van der Waals surface area contributed by atoms with E-state index in [0.717, 1.165) is 12.1 Å². The normalized spacial score (nSPS) is 15.9. The van der Waals surface area contributed by atoms with Gasteiger partial charge in [0.2, 0.25) is 5.88 Å². The van der Waals surface area contributed by atoms with Crippen LogP contribution in [0.25, 0.3) is 0 Å². The number of hydrogen-bond donors (Lipinski definition) is 0. The highest BCUT2D eigenvalue weighted by molar-refractivity contribution is 5.94. The fraction of sp³-hybridized carbons (Fsp3) is 0.333. The third kappa shape index (κ3) is 4.29. The summed E-state index contributed by atoms with van der Waals surface area (Å²) in [6.07, 6.45) is -1.46. The molecule has 4 nitrogen and oxygen atoms in total. The van der Waals surface area contributed by atoms with Crippen LogP contribution in [0.3, 0.4) is 0 Å². The lowest BCUT2D eigenvalue weighted by Crippen LogP contribution is -2.41. The molecule has 2 aromatic rings. The topological polar surface area (TPSA) is 42.4 Å². The predicted molar refractivity (Wildman–Crippen MR) is 85.2 cm³/mol. The van der Waals surface area contributed by atoms with Gasteiger partial charge in [-0.25, -0.2) is 4.98 Å². The Morgan fingerprint density at radius 2 is 1.76 bits per heavy atom. The smallest absolute Gasteiger partial charge is 0.416 e. The number of halogens is 3. The predicted octanol–water partition coefficient (Wildman–Crippen LogP) is 3.78. The van der Waals surface area contributed by atoms with Crippen LogP contribution < -0.4 is 4.74 Å². The Balaban J connectivity index is 1.56. The van der Waals surface area contributed by atoms with E-state index in [1.54, 1.807) is 23.2 Å². The first kappa shape index (κ1) is 17.3. The Labute approximate surface area is 143 Å². The van der Waals surface area contributed by atoms with Crippen molar-refractivity contribution < 1.29 is 22.7 Å². The van der Waals surface area contributed by atoms with Crippen LogP contribution in [0.5, 0.6) is 5.88 Å². The molecule has 7 heteroatoms. The van der Waals surface area contributed by atoms with Gasteiger partial charge in [0.05, 0.1) is 5.56 Å². The molecule has 1 fully saturated rings. The van der Waals surface area contributed by atoms with Crippen LogP contribution in [-0.4, -0.2) is 35.0 Å². The Hall–Kier alpha value is -2.57. The van der Waals surface area contributed by atoms with E-state index in [4.69, 9.17) is 4.74 Å². The zero-order valence-corrected chi connectivity index (χ0v) is 13.4. The molecular formula is C18H17F3N2O2. The summed E-state index contributed by atoms with van der Waals surface area (Å²) in [7, 11) is 0. The Bertz CT molecular complexity index is 709. The lowest BCUT2D eigenvalue weighted by molar-refractivity contribution is -0.137. The molecule has 1 amide bonds. The van der Waals surface area contributed by atoms with Crippen LogP contribution >= 0.6 is 0 Å². The van der Waals surface area contributed by atoms with E-state index < -0.39 is 11.7 Å². The number of benzene rings is 1. The van der Waals surface area contributed by atoms with Crippen LogP contribution in [0.2, 0.25) is 0 Å². The molecule has 1 aliphatic heterocycles. The summed E-state index contributed by atoms with van der Waals surface area (Å²) in [6.45, 7) is 0.995. The van der Waals surface area contributed by atoms with E-state index in [1.165, 1.54) is 12.1 Å². The lowest BCUT2D eigenvalue weighted by Gasteiger charge is -2.32. The third-order valence-corrected chi connectivity index (χ3v) is 4.11. The Morgan fingerprint density at radius 3 is 2.32 bits per heavy atom. The highest BCUT2D eigenvalue weighted by atomic mass is 19.4. The molecule has 0 radical (unpaired) electrons. The van der Waals surface area contributed by atoms with Crippen LogP contribution in [-0.2, 0) is 6.18 Å². The number of amides is 1. The number of likely N-dealkylation sites (tertiary alicyclic amines) is 1. The van der Waals surface area contributed by atoms with Gasteiger partial charge < -0.3 is 9.64 Å². The highest BCUT2D eigenvalue weighted by Gasteiger charge is 2.31. The number of carbonyl (C=O) groups is 1. The van der Waals surface area contributed by atoms with Crippen LogP contribution in [0, 0.1) is 0 Å². The SMILES string of the molecule is O=C(c1ccc(C(F)(F)F)cc1)N1CCC(Oc2ccccn2)CC1. The van der Waals surface area contributed by atoms with Gasteiger partial charge in [-0.05, 0) is 30.3 Å². The van der Waals surface area contributed by atoms with Gasteiger partial charge in [-0.3, -0.25) is 4.79 Å². The van der Waals surface area contributed by atoms with E-state index in [2.05, 4.69) is 4.98 Å². The second kappa shape index (κ2) is 7.13. The van der Waals surface area contributed by atoms with Crippen molar-refractivity contribution in [2.24, 2.45) is 0 Å². The average Bonchev–Trinajstić information content (AvgIpc) is 2.62. The summed E-state index contributed by atoms with van der Waals surface area (Å²) in [6, 6.07) is 9.74. The van der Waals surface area contributed by atoms with Crippen molar-refractivity contribution in [3.63, 3.8) is 0 Å². The van der Waals surface area contributed by atoms with Gasteiger partial charge in [0.25, 0.3) is 5.91 Å². The second-order valence-corrected chi connectivity index (χ2v) is 5.85. The number of pyridine rings is 1. The molecule has 2 heterocycles. The van der Waals surface area contributed by atoms with Gasteiger partial charge in [-0.2, -0.15) is 13.2 Å². The first-order chi connectivity index (χ1) is 11.9. The number of carbonyl (C=O) groups excluding carboxylic acids is 1. The summed E-state index contributed by atoms with van der Waals surface area (Å²) >= 11 is 0. The van der Waals surface area contributed by atoms with Gasteiger partial charge in [0, 0.05) is 43.8 Å². The zero-order chi connectivity index (χ0) is 17.9. The van der Waals surface area contributed by atoms with Crippen LogP contribution in [0.15, 0.2) is 48.7 Å². The molecule has 1 saturated heterocycles. The largest absolute Gasteiger partial charge is 0.474 e. The molecule has 0 bridgehead atoms. The molecule has 3 rings (SSSR count). The molecule has 0 N–H and O–H groups in total. The van der Waals surface area contributed by atoms with Crippen molar-refractivity contribution in [1.82, 2.24) is 9.88 Å². The Morgan fingerprint density at radius 1 is 1.08 bits per heavy atom. The molecule has 0 spiro atoms. The summed E-state index contributed by atoms with van der Waals surface area (Å²) < 4.78 is 43.5. The molecular weight excluding hydrogens is 333 g/mol. The first-order valence-electron chi connectivity index (χ1n) is 7.98. The van der Waals surface area contributed by atoms with Gasteiger partial charge in [-0.1, -0.05) is 6.07 Å². The van der Waals surface area contributed by atoms with Crippen molar-refractivity contribution in [3.8, 4) is 5.88 Å². The second-order valence-electron chi connectivity index (χ2n) is 5.85.